The van der Waals surface area contributed by atoms with Gasteiger partial charge in [0.15, 0.2) is 11.0 Å². The third-order valence-corrected chi connectivity index (χ3v) is 6.29. The maximum Gasteiger partial charge on any atom is 0.343 e. The van der Waals surface area contributed by atoms with Crippen LogP contribution in [0.5, 0.6) is 0 Å². The first-order valence-electron chi connectivity index (χ1n) is 9.57. The summed E-state index contributed by atoms with van der Waals surface area (Å²) in [6.07, 6.45) is 0.0729. The van der Waals surface area contributed by atoms with E-state index in [0.717, 1.165) is 16.8 Å². The van der Waals surface area contributed by atoms with Crippen LogP contribution in [0.25, 0.3) is 22.2 Å². The molecule has 0 amide bonds. The molecule has 1 N–H and O–H groups in total. The van der Waals surface area contributed by atoms with Gasteiger partial charge in [-0.15, -0.1) is 0 Å². The van der Waals surface area contributed by atoms with Gasteiger partial charge in [0.05, 0.1) is 34.6 Å². The number of nitrogens with zero attached hydrogens (tertiary/aromatic N) is 2. The molecule has 0 saturated heterocycles. The second kappa shape index (κ2) is 5.67. The van der Waals surface area contributed by atoms with E-state index in [1.165, 1.54) is 4.57 Å². The Balaban J connectivity index is 1.90. The summed E-state index contributed by atoms with van der Waals surface area (Å²) < 4.78 is 8.55. The normalized spacial score (nSPS) is 19.7. The molecule has 0 unspecified atom stereocenters. The third-order valence-electron chi connectivity index (χ3n) is 6.29. The summed E-state index contributed by atoms with van der Waals surface area (Å²) in [7, 11) is 1.88. The summed E-state index contributed by atoms with van der Waals surface area (Å²) in [5.74, 6) is -0.767. The average molecular weight is 392 g/mol. The van der Waals surface area contributed by atoms with Crippen molar-refractivity contribution in [1.82, 2.24) is 9.13 Å². The number of esters is 1. The number of aliphatic hydroxyl groups is 1. The fraction of sp³-hybridized carbons (Fsp3) is 0.318. The van der Waals surface area contributed by atoms with Gasteiger partial charge in [-0.05, 0) is 31.5 Å². The molecule has 2 aromatic heterocycles. The number of pyridine rings is 2. The number of carbonyl (C=O) groups is 1. The number of hydrogen-bond donors (Lipinski definition) is 1. The van der Waals surface area contributed by atoms with Crippen LogP contribution in [0, 0.1) is 6.92 Å². The fourth-order valence-electron chi connectivity index (χ4n) is 4.57. The molecule has 7 nitrogen and oxygen atoms in total. The average Bonchev–Trinajstić information content (AvgIpc) is 3.10. The Kier molecular flexibility index (Phi) is 3.49. The van der Waals surface area contributed by atoms with Crippen LogP contribution >= 0.6 is 0 Å². The van der Waals surface area contributed by atoms with Crippen molar-refractivity contribution in [3.05, 3.63) is 67.2 Å². The molecule has 148 valence electrons. The summed E-state index contributed by atoms with van der Waals surface area (Å²) in [6, 6.07) is 7.32. The molecule has 4 heterocycles. The van der Waals surface area contributed by atoms with Crippen molar-refractivity contribution in [3.8, 4) is 11.3 Å². The van der Waals surface area contributed by atoms with Crippen LogP contribution in [0.1, 0.15) is 35.7 Å². The van der Waals surface area contributed by atoms with Gasteiger partial charge in [0.1, 0.15) is 6.61 Å². The Morgan fingerprint density at radius 1 is 1.21 bits per heavy atom. The van der Waals surface area contributed by atoms with Crippen LogP contribution in [-0.4, -0.2) is 20.2 Å². The molecule has 2 aliphatic heterocycles. The molecular formula is C22H20N2O5. The number of hydrogen-bond acceptors (Lipinski definition) is 5. The number of benzene rings is 1. The van der Waals surface area contributed by atoms with Crippen molar-refractivity contribution in [2.75, 3.05) is 0 Å². The van der Waals surface area contributed by atoms with E-state index in [9.17, 15) is 19.5 Å². The van der Waals surface area contributed by atoms with E-state index in [0.29, 0.717) is 16.6 Å². The lowest BCUT2D eigenvalue weighted by molar-refractivity contribution is -0.172. The number of cyclic esters (lactones) is 1. The van der Waals surface area contributed by atoms with Crippen LogP contribution in [0.4, 0.5) is 0 Å². The SMILES string of the molecule is CC[C@@]1(O)C(=O)OCc2c1cc1n(c2=O)Cc2c-1c(=O)c1cc(C)ccc1n2C. The molecule has 3 aromatic rings. The first kappa shape index (κ1) is 17.9. The number of carbonyl (C=O) groups excluding carboxylic acids is 1. The summed E-state index contributed by atoms with van der Waals surface area (Å²) in [6.45, 7) is 3.66. The van der Waals surface area contributed by atoms with Gasteiger partial charge in [0, 0.05) is 18.0 Å². The molecule has 1 aromatic carbocycles. The summed E-state index contributed by atoms with van der Waals surface area (Å²) in [5.41, 5.74) is 1.52. The zero-order valence-electron chi connectivity index (χ0n) is 16.4. The van der Waals surface area contributed by atoms with Crippen molar-refractivity contribution in [3.63, 3.8) is 0 Å². The molecule has 0 aliphatic carbocycles. The maximum atomic E-state index is 13.4. The molecule has 0 spiro atoms. The minimum absolute atomic E-state index is 0.0729. The van der Waals surface area contributed by atoms with E-state index < -0.39 is 11.6 Å². The number of ether oxygens (including phenoxy) is 1. The summed E-state index contributed by atoms with van der Waals surface area (Å²) in [5, 5.41) is 11.5. The van der Waals surface area contributed by atoms with E-state index in [4.69, 9.17) is 4.74 Å². The molecule has 5 rings (SSSR count). The Hall–Kier alpha value is -3.19. The van der Waals surface area contributed by atoms with Crippen molar-refractivity contribution < 1.29 is 14.6 Å². The molecule has 0 saturated carbocycles. The highest BCUT2D eigenvalue weighted by atomic mass is 16.6. The van der Waals surface area contributed by atoms with Crippen molar-refractivity contribution in [2.24, 2.45) is 7.05 Å². The smallest absolute Gasteiger partial charge is 0.343 e. The second-order valence-electron chi connectivity index (χ2n) is 7.83. The third kappa shape index (κ3) is 2.13. The molecule has 1 atom stereocenters. The predicted octanol–water partition coefficient (Wildman–Crippen LogP) is 1.69. The molecule has 0 bridgehead atoms. The maximum absolute atomic E-state index is 13.4. The standard InChI is InChI=1S/C22H20N2O5/c1-4-22(28)14-8-16-18-17(9-24(16)20(26)13(14)10-29-21(22)27)23(3)15-6-5-11(2)7-12(15)19(18)25/h5-8,28H,4,9-10H2,1-3H3/t22-/m0/s1. The van der Waals surface area contributed by atoms with Gasteiger partial charge < -0.3 is 19.0 Å². The van der Waals surface area contributed by atoms with Gasteiger partial charge in [-0.1, -0.05) is 18.6 Å². The lowest BCUT2D eigenvalue weighted by Gasteiger charge is -2.31. The van der Waals surface area contributed by atoms with Gasteiger partial charge in [-0.2, -0.15) is 0 Å². The van der Waals surface area contributed by atoms with Gasteiger partial charge >= 0.3 is 5.97 Å². The topological polar surface area (TPSA) is 90.5 Å². The molecule has 29 heavy (non-hydrogen) atoms. The van der Waals surface area contributed by atoms with Gasteiger partial charge in [-0.25, -0.2) is 4.79 Å². The van der Waals surface area contributed by atoms with E-state index in [-0.39, 0.29) is 41.7 Å². The van der Waals surface area contributed by atoms with Gasteiger partial charge in [0.25, 0.3) is 5.56 Å². The van der Waals surface area contributed by atoms with Gasteiger partial charge in [0.2, 0.25) is 0 Å². The summed E-state index contributed by atoms with van der Waals surface area (Å²) >= 11 is 0. The Morgan fingerprint density at radius 2 is 1.97 bits per heavy atom. The molecule has 2 aliphatic rings. The number of aromatic nitrogens is 2. The van der Waals surface area contributed by atoms with Crippen molar-refractivity contribution in [1.29, 1.82) is 0 Å². The first-order valence-corrected chi connectivity index (χ1v) is 9.57. The Morgan fingerprint density at radius 3 is 2.69 bits per heavy atom. The highest BCUT2D eigenvalue weighted by Gasteiger charge is 2.45. The van der Waals surface area contributed by atoms with E-state index in [1.54, 1.807) is 13.0 Å². The zero-order valence-corrected chi connectivity index (χ0v) is 16.4. The molecular weight excluding hydrogens is 372 g/mol. The zero-order chi connectivity index (χ0) is 20.7. The molecule has 0 radical (unpaired) electrons. The van der Waals surface area contributed by atoms with E-state index in [2.05, 4.69) is 0 Å². The Bertz CT molecular complexity index is 1360. The minimum atomic E-state index is -1.89. The monoisotopic (exact) mass is 392 g/mol. The van der Waals surface area contributed by atoms with Crippen molar-refractivity contribution >= 4 is 16.9 Å². The van der Waals surface area contributed by atoms with Crippen LogP contribution in [0.15, 0.2) is 33.9 Å². The summed E-state index contributed by atoms with van der Waals surface area (Å²) in [4.78, 5) is 38.8. The first-order chi connectivity index (χ1) is 13.8. The quantitative estimate of drug-likeness (QED) is 0.498. The Labute approximate surface area is 165 Å². The minimum Gasteiger partial charge on any atom is -0.458 e. The molecule has 0 fully saturated rings. The lowest BCUT2D eigenvalue weighted by atomic mass is 9.86. The predicted molar refractivity (Wildman–Crippen MR) is 107 cm³/mol. The fourth-order valence-corrected chi connectivity index (χ4v) is 4.57. The largest absolute Gasteiger partial charge is 0.458 e. The van der Waals surface area contributed by atoms with Crippen LogP contribution in [0.2, 0.25) is 0 Å². The highest BCUT2D eigenvalue weighted by molar-refractivity contribution is 5.88. The van der Waals surface area contributed by atoms with Crippen molar-refractivity contribution in [2.45, 2.75) is 39.0 Å². The van der Waals surface area contributed by atoms with Crippen LogP contribution < -0.4 is 11.0 Å². The van der Waals surface area contributed by atoms with Crippen LogP contribution in [0.3, 0.4) is 0 Å². The van der Waals surface area contributed by atoms with Gasteiger partial charge in [-0.3, -0.25) is 9.59 Å². The van der Waals surface area contributed by atoms with E-state index in [1.807, 2.05) is 36.7 Å². The number of fused-ring (bicyclic) bond motifs is 5. The lowest BCUT2D eigenvalue weighted by Crippen LogP contribution is -2.44. The van der Waals surface area contributed by atoms with E-state index >= 15 is 0 Å². The highest BCUT2D eigenvalue weighted by Crippen LogP contribution is 2.38. The number of aryl methyl sites for hydroxylation is 2. The second-order valence-corrected chi connectivity index (χ2v) is 7.83. The number of rotatable bonds is 1. The molecule has 7 heteroatoms. The van der Waals surface area contributed by atoms with Crippen LogP contribution in [-0.2, 0) is 35.3 Å².